The summed E-state index contributed by atoms with van der Waals surface area (Å²) < 4.78 is 0. The van der Waals surface area contributed by atoms with Gasteiger partial charge in [0.2, 0.25) is 5.91 Å². The molecular weight excluding hydrogens is 226 g/mol. The zero-order valence-electron chi connectivity index (χ0n) is 9.91. The first-order valence-corrected chi connectivity index (χ1v) is 5.83. The zero-order chi connectivity index (χ0) is 12.8. The van der Waals surface area contributed by atoms with E-state index in [9.17, 15) is 9.90 Å². The Morgan fingerprint density at radius 2 is 1.56 bits per heavy atom. The zero-order valence-corrected chi connectivity index (χ0v) is 9.91. The Bertz CT molecular complexity index is 496. The molecule has 0 aliphatic heterocycles. The number of amides is 1. The monoisotopic (exact) mass is 241 g/mol. The molecule has 92 valence electrons. The van der Waals surface area contributed by atoms with E-state index in [2.05, 4.69) is 5.32 Å². The molecule has 0 saturated carbocycles. The molecule has 2 aromatic rings. The van der Waals surface area contributed by atoms with E-state index in [4.69, 9.17) is 0 Å². The third-order valence-corrected chi connectivity index (χ3v) is 2.62. The molecule has 2 rings (SSSR count). The van der Waals surface area contributed by atoms with Crippen LogP contribution in [0.5, 0.6) is 0 Å². The van der Waals surface area contributed by atoms with Crippen molar-refractivity contribution < 1.29 is 9.90 Å². The van der Waals surface area contributed by atoms with Gasteiger partial charge in [-0.1, -0.05) is 48.5 Å². The number of para-hydroxylation sites is 1. The van der Waals surface area contributed by atoms with E-state index in [0.29, 0.717) is 0 Å². The maximum atomic E-state index is 11.7. The van der Waals surface area contributed by atoms with Crippen LogP contribution >= 0.6 is 0 Å². The number of hydrogen-bond donors (Lipinski definition) is 2. The third-order valence-electron chi connectivity index (χ3n) is 2.62. The van der Waals surface area contributed by atoms with Gasteiger partial charge >= 0.3 is 0 Å². The average Bonchev–Trinajstić information content (AvgIpc) is 2.40. The number of carbonyl (C=O) groups excluding carboxylic acids is 1. The highest BCUT2D eigenvalue weighted by Gasteiger charge is 2.12. The van der Waals surface area contributed by atoms with Crippen molar-refractivity contribution in [2.45, 2.75) is 12.5 Å². The van der Waals surface area contributed by atoms with Crippen LogP contribution in [-0.2, 0) is 4.79 Å². The first-order chi connectivity index (χ1) is 8.75. The lowest BCUT2D eigenvalue weighted by Crippen LogP contribution is -2.15. The molecule has 3 heteroatoms. The highest BCUT2D eigenvalue weighted by molar-refractivity contribution is 5.91. The van der Waals surface area contributed by atoms with Crippen LogP contribution < -0.4 is 5.32 Å². The Morgan fingerprint density at radius 3 is 2.17 bits per heavy atom. The van der Waals surface area contributed by atoms with Gasteiger partial charge in [0, 0.05) is 5.69 Å². The van der Waals surface area contributed by atoms with Crippen molar-refractivity contribution in [1.29, 1.82) is 0 Å². The fraction of sp³-hybridized carbons (Fsp3) is 0.133. The van der Waals surface area contributed by atoms with Crippen LogP contribution in [0, 0.1) is 0 Å². The van der Waals surface area contributed by atoms with Crippen LogP contribution in [0.2, 0.25) is 0 Å². The lowest BCUT2D eigenvalue weighted by molar-refractivity contribution is -0.118. The average molecular weight is 241 g/mol. The molecule has 3 nitrogen and oxygen atoms in total. The lowest BCUT2D eigenvalue weighted by Gasteiger charge is -2.11. The van der Waals surface area contributed by atoms with E-state index in [1.807, 2.05) is 48.5 Å². The molecule has 1 atom stereocenters. The van der Waals surface area contributed by atoms with Gasteiger partial charge in [0.25, 0.3) is 0 Å². The van der Waals surface area contributed by atoms with Crippen molar-refractivity contribution in [3.63, 3.8) is 0 Å². The topological polar surface area (TPSA) is 49.3 Å². The Hall–Kier alpha value is -2.13. The smallest absolute Gasteiger partial charge is 0.227 e. The van der Waals surface area contributed by atoms with Gasteiger partial charge in [-0.2, -0.15) is 0 Å². The number of hydrogen-bond acceptors (Lipinski definition) is 2. The van der Waals surface area contributed by atoms with Crippen molar-refractivity contribution in [1.82, 2.24) is 0 Å². The van der Waals surface area contributed by atoms with Crippen molar-refractivity contribution in [3.8, 4) is 0 Å². The van der Waals surface area contributed by atoms with Gasteiger partial charge in [-0.3, -0.25) is 4.79 Å². The number of anilines is 1. The minimum absolute atomic E-state index is 0.0545. The molecule has 0 aliphatic carbocycles. The van der Waals surface area contributed by atoms with Gasteiger partial charge in [0.15, 0.2) is 0 Å². The number of aliphatic hydroxyl groups is 1. The lowest BCUT2D eigenvalue weighted by atomic mass is 10.1. The third kappa shape index (κ3) is 3.43. The maximum Gasteiger partial charge on any atom is 0.227 e. The fourth-order valence-corrected chi connectivity index (χ4v) is 1.70. The van der Waals surface area contributed by atoms with E-state index < -0.39 is 6.10 Å². The van der Waals surface area contributed by atoms with E-state index in [-0.39, 0.29) is 12.3 Å². The molecule has 0 bridgehead atoms. The molecule has 18 heavy (non-hydrogen) atoms. The minimum Gasteiger partial charge on any atom is -0.388 e. The van der Waals surface area contributed by atoms with Gasteiger partial charge in [0.05, 0.1) is 12.5 Å². The van der Waals surface area contributed by atoms with Gasteiger partial charge in [-0.15, -0.1) is 0 Å². The standard InChI is InChI=1S/C15H15NO2/c17-14(12-7-3-1-4-8-12)11-15(18)16-13-9-5-2-6-10-13/h1-10,14,17H,11H2,(H,16,18)/t14-/m0/s1. The predicted molar refractivity (Wildman–Crippen MR) is 71.1 cm³/mol. The summed E-state index contributed by atoms with van der Waals surface area (Å²) in [6.07, 6.45) is -0.714. The van der Waals surface area contributed by atoms with E-state index in [1.165, 1.54) is 0 Å². The van der Waals surface area contributed by atoms with Gasteiger partial charge in [-0.25, -0.2) is 0 Å². The van der Waals surface area contributed by atoms with Gasteiger partial charge in [-0.05, 0) is 17.7 Å². The first kappa shape index (κ1) is 12.3. The number of rotatable bonds is 4. The van der Waals surface area contributed by atoms with Crippen LogP contribution in [-0.4, -0.2) is 11.0 Å². The van der Waals surface area contributed by atoms with Crippen LogP contribution in [0.3, 0.4) is 0 Å². The van der Waals surface area contributed by atoms with E-state index in [0.717, 1.165) is 11.3 Å². The molecule has 1 amide bonds. The molecule has 0 radical (unpaired) electrons. The number of nitrogens with one attached hydrogen (secondary N) is 1. The van der Waals surface area contributed by atoms with Crippen molar-refractivity contribution in [2.75, 3.05) is 5.32 Å². The molecule has 2 aromatic carbocycles. The highest BCUT2D eigenvalue weighted by atomic mass is 16.3. The maximum absolute atomic E-state index is 11.7. The number of aliphatic hydroxyl groups excluding tert-OH is 1. The summed E-state index contributed by atoms with van der Waals surface area (Å²) in [4.78, 5) is 11.7. The molecule has 0 fully saturated rings. The Balaban J connectivity index is 1.92. The molecule has 0 saturated heterocycles. The summed E-state index contributed by atoms with van der Waals surface area (Å²) in [7, 11) is 0. The molecule has 0 aliphatic rings. The van der Waals surface area contributed by atoms with Crippen molar-refractivity contribution in [2.24, 2.45) is 0 Å². The molecule has 0 heterocycles. The van der Waals surface area contributed by atoms with E-state index >= 15 is 0 Å². The highest BCUT2D eigenvalue weighted by Crippen LogP contribution is 2.17. The second-order valence-electron chi connectivity index (χ2n) is 4.04. The largest absolute Gasteiger partial charge is 0.388 e. The van der Waals surface area contributed by atoms with Crippen LogP contribution in [0.25, 0.3) is 0 Å². The SMILES string of the molecule is O=C(C[C@H](O)c1ccccc1)Nc1ccccc1. The van der Waals surface area contributed by atoms with Gasteiger partial charge in [0.1, 0.15) is 0 Å². The van der Waals surface area contributed by atoms with Crippen molar-refractivity contribution in [3.05, 3.63) is 66.2 Å². The van der Waals surface area contributed by atoms with Gasteiger partial charge < -0.3 is 10.4 Å². The van der Waals surface area contributed by atoms with Crippen LogP contribution in [0.15, 0.2) is 60.7 Å². The second kappa shape index (κ2) is 5.98. The molecule has 0 aromatic heterocycles. The van der Waals surface area contributed by atoms with Crippen LogP contribution in [0.1, 0.15) is 18.1 Å². The fourth-order valence-electron chi connectivity index (χ4n) is 1.70. The summed E-state index contributed by atoms with van der Waals surface area (Å²) in [5, 5.41) is 12.7. The number of carbonyl (C=O) groups is 1. The first-order valence-electron chi connectivity index (χ1n) is 5.83. The molecule has 0 spiro atoms. The minimum atomic E-state index is -0.769. The van der Waals surface area contributed by atoms with Crippen LogP contribution in [0.4, 0.5) is 5.69 Å². The summed E-state index contributed by atoms with van der Waals surface area (Å²) in [6, 6.07) is 18.4. The second-order valence-corrected chi connectivity index (χ2v) is 4.04. The van der Waals surface area contributed by atoms with Crippen molar-refractivity contribution >= 4 is 11.6 Å². The summed E-state index contributed by atoms with van der Waals surface area (Å²) in [5.74, 6) is -0.197. The van der Waals surface area contributed by atoms with E-state index in [1.54, 1.807) is 12.1 Å². The Morgan fingerprint density at radius 1 is 1.00 bits per heavy atom. The Labute approximate surface area is 106 Å². The quantitative estimate of drug-likeness (QED) is 0.864. The predicted octanol–water partition coefficient (Wildman–Crippen LogP) is 2.75. The molecular formula is C15H15NO2. The molecule has 2 N–H and O–H groups in total. The number of benzene rings is 2. The summed E-state index contributed by atoms with van der Waals surface area (Å²) in [5.41, 5.74) is 1.49. The summed E-state index contributed by atoms with van der Waals surface area (Å²) >= 11 is 0. The Kier molecular flexibility index (Phi) is 4.10. The molecule has 0 unspecified atom stereocenters. The normalized spacial score (nSPS) is 11.8. The summed E-state index contributed by atoms with van der Waals surface area (Å²) in [6.45, 7) is 0.